The fourth-order valence-electron chi connectivity index (χ4n) is 4.32. The average Bonchev–Trinajstić information content (AvgIpc) is 3.56. The van der Waals surface area contributed by atoms with Gasteiger partial charge in [-0.05, 0) is 63.6 Å². The van der Waals surface area contributed by atoms with Crippen molar-refractivity contribution in [3.8, 4) is 11.3 Å². The van der Waals surface area contributed by atoms with Crippen molar-refractivity contribution in [1.82, 2.24) is 39.6 Å². The van der Waals surface area contributed by atoms with Crippen molar-refractivity contribution in [2.75, 3.05) is 26.7 Å². The number of hydrogen-bond donors (Lipinski definition) is 1. The third-order valence-electron chi connectivity index (χ3n) is 6.89. The lowest BCUT2D eigenvalue weighted by Gasteiger charge is -2.45. The molecule has 0 aliphatic carbocycles. The zero-order valence-electron chi connectivity index (χ0n) is 22.6. The number of amides is 1. The number of carbonyl (C=O) groups excluding carboxylic acids is 2. The molecule has 200 valence electrons. The number of H-pyrrole nitrogens is 1. The Labute approximate surface area is 220 Å². The second kappa shape index (κ2) is 10.8. The molecular formula is C27H33FN8O2. The number of fused-ring (bicyclic) bond motifs is 1. The van der Waals surface area contributed by atoms with Crippen molar-refractivity contribution in [1.29, 1.82) is 0 Å². The van der Waals surface area contributed by atoms with Gasteiger partial charge in [-0.15, -0.1) is 0 Å². The maximum atomic E-state index is 13.4. The Morgan fingerprint density at radius 2 is 1.97 bits per heavy atom. The molecule has 0 radical (unpaired) electrons. The summed E-state index contributed by atoms with van der Waals surface area (Å²) in [5.41, 5.74) is 4.18. The number of benzene rings is 1. The van der Waals surface area contributed by atoms with Gasteiger partial charge in [0.25, 0.3) is 5.91 Å². The third-order valence-corrected chi connectivity index (χ3v) is 6.89. The summed E-state index contributed by atoms with van der Waals surface area (Å²) in [6, 6.07) is 6.87. The van der Waals surface area contributed by atoms with Crippen molar-refractivity contribution in [3.05, 3.63) is 65.3 Å². The molecule has 4 heterocycles. The number of piperazine rings is 1. The minimum Gasteiger partial charge on any atom is -0.333 e. The van der Waals surface area contributed by atoms with Gasteiger partial charge in [0.15, 0.2) is 11.9 Å². The van der Waals surface area contributed by atoms with E-state index in [0.29, 0.717) is 35.6 Å². The molecule has 1 saturated heterocycles. The fraction of sp³-hybridized carbons (Fsp3) is 0.407. The summed E-state index contributed by atoms with van der Waals surface area (Å²) in [6.45, 7) is 12.4. The molecule has 10 nitrogen and oxygen atoms in total. The van der Waals surface area contributed by atoms with Crippen LogP contribution in [0.3, 0.4) is 0 Å². The van der Waals surface area contributed by atoms with Gasteiger partial charge in [-0.3, -0.25) is 19.6 Å². The number of aromatic amines is 1. The SMILES string of the molecule is CN1CCN(C(=O)c2ncn[nH]2)CC1(C)C.Cc1cc(-c2cc(C(C)C)c3nc(C=O)cn3n2)ccc1F. The maximum absolute atomic E-state index is 13.4. The van der Waals surface area contributed by atoms with E-state index in [2.05, 4.69) is 64.9 Å². The Bertz CT molecular complexity index is 1450. The molecular weight excluding hydrogens is 487 g/mol. The summed E-state index contributed by atoms with van der Waals surface area (Å²) in [7, 11) is 2.08. The van der Waals surface area contributed by atoms with E-state index in [4.69, 9.17) is 0 Å². The minimum absolute atomic E-state index is 0.00787. The van der Waals surface area contributed by atoms with Crippen LogP contribution in [0.15, 0.2) is 36.8 Å². The van der Waals surface area contributed by atoms with Gasteiger partial charge in [0.2, 0.25) is 5.82 Å². The zero-order chi connectivity index (χ0) is 27.6. The van der Waals surface area contributed by atoms with E-state index in [0.717, 1.165) is 29.9 Å². The van der Waals surface area contributed by atoms with Gasteiger partial charge in [-0.1, -0.05) is 13.8 Å². The Kier molecular flexibility index (Phi) is 7.68. The molecule has 0 saturated carbocycles. The van der Waals surface area contributed by atoms with E-state index in [1.807, 2.05) is 11.0 Å². The number of imidazole rings is 1. The lowest BCUT2D eigenvalue weighted by molar-refractivity contribution is 0.0303. The highest BCUT2D eigenvalue weighted by molar-refractivity contribution is 5.90. The van der Waals surface area contributed by atoms with Crippen LogP contribution in [0.4, 0.5) is 4.39 Å². The summed E-state index contributed by atoms with van der Waals surface area (Å²) in [4.78, 5) is 35.2. The van der Waals surface area contributed by atoms with E-state index in [1.54, 1.807) is 29.8 Å². The summed E-state index contributed by atoms with van der Waals surface area (Å²) < 4.78 is 15.1. The summed E-state index contributed by atoms with van der Waals surface area (Å²) in [5, 5.41) is 10.8. The van der Waals surface area contributed by atoms with Gasteiger partial charge in [0, 0.05) is 36.3 Å². The molecule has 38 heavy (non-hydrogen) atoms. The number of nitrogens with one attached hydrogen (secondary N) is 1. The molecule has 0 spiro atoms. The van der Waals surface area contributed by atoms with E-state index in [-0.39, 0.29) is 23.2 Å². The van der Waals surface area contributed by atoms with Crippen molar-refractivity contribution in [3.63, 3.8) is 0 Å². The average molecular weight is 521 g/mol. The van der Waals surface area contributed by atoms with Crippen LogP contribution < -0.4 is 0 Å². The van der Waals surface area contributed by atoms with Crippen LogP contribution in [0.1, 0.15) is 65.8 Å². The van der Waals surface area contributed by atoms with Crippen LogP contribution in [-0.4, -0.2) is 84.0 Å². The Balaban J connectivity index is 0.000000186. The van der Waals surface area contributed by atoms with Crippen LogP contribution in [-0.2, 0) is 0 Å². The highest BCUT2D eigenvalue weighted by Crippen LogP contribution is 2.26. The van der Waals surface area contributed by atoms with Gasteiger partial charge in [-0.25, -0.2) is 18.9 Å². The molecule has 1 aliphatic rings. The topological polar surface area (TPSA) is 112 Å². The van der Waals surface area contributed by atoms with E-state index >= 15 is 0 Å². The lowest BCUT2D eigenvalue weighted by Crippen LogP contribution is -2.59. The van der Waals surface area contributed by atoms with Gasteiger partial charge in [0.05, 0.1) is 11.9 Å². The fourth-order valence-corrected chi connectivity index (χ4v) is 4.32. The first-order valence-electron chi connectivity index (χ1n) is 12.5. The monoisotopic (exact) mass is 520 g/mol. The zero-order valence-corrected chi connectivity index (χ0v) is 22.6. The Hall–Kier alpha value is -3.99. The highest BCUT2D eigenvalue weighted by Gasteiger charge is 2.34. The van der Waals surface area contributed by atoms with Gasteiger partial charge in [0.1, 0.15) is 17.8 Å². The molecule has 4 aromatic rings. The first-order valence-corrected chi connectivity index (χ1v) is 12.5. The Morgan fingerprint density at radius 1 is 1.21 bits per heavy atom. The molecule has 1 aliphatic heterocycles. The van der Waals surface area contributed by atoms with Crippen molar-refractivity contribution < 1.29 is 14.0 Å². The molecule has 3 aromatic heterocycles. The maximum Gasteiger partial charge on any atom is 0.291 e. The Morgan fingerprint density at radius 3 is 2.58 bits per heavy atom. The molecule has 11 heteroatoms. The first-order chi connectivity index (χ1) is 18.0. The number of aromatic nitrogens is 6. The second-order valence-corrected chi connectivity index (χ2v) is 10.5. The molecule has 1 aromatic carbocycles. The van der Waals surface area contributed by atoms with Crippen LogP contribution in [0.2, 0.25) is 0 Å². The molecule has 1 fully saturated rings. The summed E-state index contributed by atoms with van der Waals surface area (Å²) in [5.74, 6) is 0.242. The van der Waals surface area contributed by atoms with Crippen molar-refractivity contribution in [2.24, 2.45) is 0 Å². The second-order valence-electron chi connectivity index (χ2n) is 10.5. The number of nitrogens with zero attached hydrogens (tertiary/aromatic N) is 7. The number of aldehydes is 1. The molecule has 0 unspecified atom stereocenters. The minimum atomic E-state index is -0.236. The van der Waals surface area contributed by atoms with Crippen molar-refractivity contribution >= 4 is 17.8 Å². The van der Waals surface area contributed by atoms with E-state index in [1.165, 1.54) is 12.4 Å². The number of hydrogen-bond acceptors (Lipinski definition) is 7. The molecule has 0 bridgehead atoms. The highest BCUT2D eigenvalue weighted by atomic mass is 19.1. The molecule has 5 rings (SSSR count). The van der Waals surface area contributed by atoms with E-state index in [9.17, 15) is 14.0 Å². The molecule has 1 amide bonds. The summed E-state index contributed by atoms with van der Waals surface area (Å²) in [6.07, 6.45) is 3.67. The quantitative estimate of drug-likeness (QED) is 0.408. The number of aryl methyl sites for hydroxylation is 1. The smallest absolute Gasteiger partial charge is 0.291 e. The number of likely N-dealkylation sites (N-methyl/N-ethyl adjacent to an activating group) is 1. The number of rotatable bonds is 4. The van der Waals surface area contributed by atoms with Gasteiger partial charge < -0.3 is 4.90 Å². The van der Waals surface area contributed by atoms with Crippen molar-refractivity contribution in [2.45, 2.75) is 46.1 Å². The van der Waals surface area contributed by atoms with Crippen LogP contribution in [0.25, 0.3) is 16.9 Å². The van der Waals surface area contributed by atoms with E-state index < -0.39 is 0 Å². The van der Waals surface area contributed by atoms with Gasteiger partial charge in [-0.2, -0.15) is 10.2 Å². The summed E-state index contributed by atoms with van der Waals surface area (Å²) >= 11 is 0. The predicted octanol–water partition coefficient (Wildman–Crippen LogP) is 3.75. The number of halogens is 1. The predicted molar refractivity (Wildman–Crippen MR) is 142 cm³/mol. The third kappa shape index (κ3) is 5.62. The first kappa shape index (κ1) is 27.1. The molecule has 1 N–H and O–H groups in total. The lowest BCUT2D eigenvalue weighted by atomic mass is 10.00. The standard InChI is InChI=1S/C17H16FN3O.C10H17N5O/c1-10(2)14-7-16(12-4-5-15(18)11(3)6-12)20-21-8-13(9-22)19-17(14)21;1-10(2)6-15(5-4-14(10)3)9(16)8-11-7-12-13-8/h4-10H,1-3H3;7H,4-6H2,1-3H3,(H,11,12,13). The van der Waals surface area contributed by atoms with Crippen LogP contribution >= 0.6 is 0 Å². The largest absolute Gasteiger partial charge is 0.333 e. The number of carbonyl (C=O) groups is 2. The molecule has 0 atom stereocenters. The normalized spacial score (nSPS) is 15.4. The van der Waals surface area contributed by atoms with Gasteiger partial charge >= 0.3 is 0 Å². The van der Waals surface area contributed by atoms with Crippen LogP contribution in [0, 0.1) is 12.7 Å². The van der Waals surface area contributed by atoms with Crippen LogP contribution in [0.5, 0.6) is 0 Å².